The number of benzene rings is 1. The van der Waals surface area contributed by atoms with Crippen LogP contribution in [0.1, 0.15) is 41.6 Å². The number of amides is 1. The number of carbonyl (C=O) groups is 1. The van der Waals surface area contributed by atoms with Gasteiger partial charge in [0.1, 0.15) is 0 Å². The average Bonchev–Trinajstić information content (AvgIpc) is 2.40. The van der Waals surface area contributed by atoms with Crippen LogP contribution in [-0.4, -0.2) is 18.0 Å². The molecule has 21 heavy (non-hydrogen) atoms. The molecule has 0 saturated heterocycles. The lowest BCUT2D eigenvalue weighted by atomic mass is 9.91. The molecule has 3 nitrogen and oxygen atoms in total. The van der Waals surface area contributed by atoms with E-state index in [1.165, 1.54) is 12.1 Å². The quantitative estimate of drug-likeness (QED) is 0.843. The van der Waals surface area contributed by atoms with Crippen LogP contribution >= 0.6 is 15.9 Å². The Hall–Kier alpha value is -1.08. The lowest BCUT2D eigenvalue weighted by Gasteiger charge is -2.26. The molecule has 116 valence electrons. The first-order valence-electron chi connectivity index (χ1n) is 6.70. The first-order chi connectivity index (χ1) is 9.77. The highest BCUT2D eigenvalue weighted by atomic mass is 79.9. The Labute approximate surface area is 129 Å². The summed E-state index contributed by atoms with van der Waals surface area (Å²) in [5.41, 5.74) is 4.95. The van der Waals surface area contributed by atoms with Gasteiger partial charge >= 0.3 is 6.18 Å². The van der Waals surface area contributed by atoms with Crippen LogP contribution in [-0.2, 0) is 6.18 Å². The Kier molecular flexibility index (Phi) is 4.93. The molecular weight excluding hydrogens is 349 g/mol. The van der Waals surface area contributed by atoms with Crippen LogP contribution < -0.4 is 11.1 Å². The molecule has 2 rings (SSSR count). The van der Waals surface area contributed by atoms with Gasteiger partial charge in [0, 0.05) is 22.1 Å². The van der Waals surface area contributed by atoms with Gasteiger partial charge in [0.05, 0.1) is 5.56 Å². The first kappa shape index (κ1) is 16.3. The monoisotopic (exact) mass is 364 g/mol. The maximum Gasteiger partial charge on any atom is 0.417 e. The molecule has 1 aromatic carbocycles. The van der Waals surface area contributed by atoms with Crippen LogP contribution in [0.5, 0.6) is 0 Å². The van der Waals surface area contributed by atoms with Crippen LogP contribution in [0.25, 0.3) is 0 Å². The number of carbonyl (C=O) groups excluding carboxylic acids is 1. The topological polar surface area (TPSA) is 55.1 Å². The summed E-state index contributed by atoms with van der Waals surface area (Å²) in [4.78, 5) is 12.1. The van der Waals surface area contributed by atoms with E-state index in [2.05, 4.69) is 21.2 Å². The van der Waals surface area contributed by atoms with Crippen molar-refractivity contribution in [2.45, 2.75) is 43.9 Å². The highest BCUT2D eigenvalue weighted by molar-refractivity contribution is 9.10. The van der Waals surface area contributed by atoms with Gasteiger partial charge < -0.3 is 11.1 Å². The maximum atomic E-state index is 12.8. The first-order valence-corrected chi connectivity index (χ1v) is 7.50. The summed E-state index contributed by atoms with van der Waals surface area (Å²) in [5.74, 6) is -0.478. The molecular formula is C14H16BrF3N2O. The van der Waals surface area contributed by atoms with Gasteiger partial charge in [-0.3, -0.25) is 4.79 Å². The normalized spacial score (nSPS) is 22.9. The minimum atomic E-state index is -4.49. The molecule has 0 bridgehead atoms. The van der Waals surface area contributed by atoms with Gasteiger partial charge in [-0.05, 0) is 43.9 Å². The minimum Gasteiger partial charge on any atom is -0.349 e. The summed E-state index contributed by atoms with van der Waals surface area (Å²) in [6.07, 6.45) is -1.34. The molecule has 0 aliphatic heterocycles. The van der Waals surface area contributed by atoms with Crippen LogP contribution in [0, 0.1) is 0 Å². The van der Waals surface area contributed by atoms with Crippen LogP contribution in [0.15, 0.2) is 22.7 Å². The third-order valence-electron chi connectivity index (χ3n) is 3.64. The third-order valence-corrected chi connectivity index (χ3v) is 4.33. The van der Waals surface area contributed by atoms with E-state index >= 15 is 0 Å². The Morgan fingerprint density at radius 1 is 1.24 bits per heavy atom. The van der Waals surface area contributed by atoms with E-state index in [9.17, 15) is 18.0 Å². The number of rotatable bonds is 2. The van der Waals surface area contributed by atoms with Gasteiger partial charge in [0.2, 0.25) is 0 Å². The second-order valence-electron chi connectivity index (χ2n) is 5.28. The maximum absolute atomic E-state index is 12.8. The molecule has 1 aliphatic carbocycles. The van der Waals surface area contributed by atoms with Crippen molar-refractivity contribution in [3.63, 3.8) is 0 Å². The Morgan fingerprint density at radius 2 is 1.86 bits per heavy atom. The zero-order chi connectivity index (χ0) is 15.6. The van der Waals surface area contributed by atoms with Crippen molar-refractivity contribution in [2.24, 2.45) is 5.73 Å². The second-order valence-corrected chi connectivity index (χ2v) is 6.13. The summed E-state index contributed by atoms with van der Waals surface area (Å²) < 4.78 is 38.4. The van der Waals surface area contributed by atoms with E-state index in [4.69, 9.17) is 5.73 Å². The summed E-state index contributed by atoms with van der Waals surface area (Å²) >= 11 is 2.85. The van der Waals surface area contributed by atoms with E-state index in [1.54, 1.807) is 0 Å². The van der Waals surface area contributed by atoms with Crippen molar-refractivity contribution in [1.82, 2.24) is 5.32 Å². The van der Waals surface area contributed by atoms with Crippen LogP contribution in [0.2, 0.25) is 0 Å². The van der Waals surface area contributed by atoms with Crippen molar-refractivity contribution in [3.8, 4) is 0 Å². The number of hydrogen-bond donors (Lipinski definition) is 2. The Balaban J connectivity index is 2.09. The molecule has 1 saturated carbocycles. The molecule has 0 aromatic heterocycles. The zero-order valence-corrected chi connectivity index (χ0v) is 12.8. The SMILES string of the molecule is NC1CCC(NC(=O)c2ccc(Br)c(C(F)(F)F)c2)CC1. The molecule has 0 radical (unpaired) electrons. The molecule has 3 N–H and O–H groups in total. The van der Waals surface area contributed by atoms with Crippen molar-refractivity contribution in [1.29, 1.82) is 0 Å². The van der Waals surface area contributed by atoms with E-state index in [-0.39, 0.29) is 22.1 Å². The smallest absolute Gasteiger partial charge is 0.349 e. The molecule has 1 aromatic rings. The molecule has 0 unspecified atom stereocenters. The van der Waals surface area contributed by atoms with Gasteiger partial charge in [-0.25, -0.2) is 0 Å². The van der Waals surface area contributed by atoms with Crippen molar-refractivity contribution in [3.05, 3.63) is 33.8 Å². The van der Waals surface area contributed by atoms with Gasteiger partial charge in [0.25, 0.3) is 5.91 Å². The second kappa shape index (κ2) is 6.36. The molecule has 1 aliphatic rings. The highest BCUT2D eigenvalue weighted by Crippen LogP contribution is 2.35. The third kappa shape index (κ3) is 4.20. The number of hydrogen-bond acceptors (Lipinski definition) is 2. The Bertz CT molecular complexity index is 525. The van der Waals surface area contributed by atoms with Gasteiger partial charge in [-0.1, -0.05) is 15.9 Å². The minimum absolute atomic E-state index is 0.0143. The number of nitrogens with two attached hydrogens (primary N) is 1. The van der Waals surface area contributed by atoms with E-state index < -0.39 is 17.6 Å². The average molecular weight is 365 g/mol. The van der Waals surface area contributed by atoms with E-state index in [1.807, 2.05) is 0 Å². The fraction of sp³-hybridized carbons (Fsp3) is 0.500. The predicted octanol–water partition coefficient (Wildman–Crippen LogP) is 3.47. The van der Waals surface area contributed by atoms with E-state index in [0.717, 1.165) is 31.7 Å². The standard InChI is InChI=1S/C14H16BrF3N2O/c15-12-6-1-8(7-11(12)14(16,17)18)13(21)20-10-4-2-9(19)3-5-10/h1,6-7,9-10H,2-5,19H2,(H,20,21). The number of nitrogens with one attached hydrogen (secondary N) is 1. The molecule has 0 atom stereocenters. The fourth-order valence-electron chi connectivity index (χ4n) is 2.42. The zero-order valence-electron chi connectivity index (χ0n) is 11.2. The van der Waals surface area contributed by atoms with Gasteiger partial charge in [-0.15, -0.1) is 0 Å². The number of halogens is 4. The molecule has 0 heterocycles. The predicted molar refractivity (Wildman–Crippen MR) is 76.8 cm³/mol. The molecule has 0 spiro atoms. The van der Waals surface area contributed by atoms with Crippen LogP contribution in [0.3, 0.4) is 0 Å². The molecule has 1 amide bonds. The summed E-state index contributed by atoms with van der Waals surface area (Å²) in [6.45, 7) is 0. The number of alkyl halides is 3. The fourth-order valence-corrected chi connectivity index (χ4v) is 2.89. The van der Waals surface area contributed by atoms with Crippen molar-refractivity contribution >= 4 is 21.8 Å². The highest BCUT2D eigenvalue weighted by Gasteiger charge is 2.33. The largest absolute Gasteiger partial charge is 0.417 e. The lowest BCUT2D eigenvalue weighted by Crippen LogP contribution is -2.40. The Morgan fingerprint density at radius 3 is 2.43 bits per heavy atom. The van der Waals surface area contributed by atoms with Crippen LogP contribution in [0.4, 0.5) is 13.2 Å². The summed E-state index contributed by atoms with van der Waals surface area (Å²) in [6, 6.07) is 3.63. The van der Waals surface area contributed by atoms with Gasteiger partial charge in [0.15, 0.2) is 0 Å². The van der Waals surface area contributed by atoms with E-state index in [0.29, 0.717) is 0 Å². The molecule has 1 fully saturated rings. The summed E-state index contributed by atoms with van der Waals surface area (Å²) in [5, 5.41) is 2.78. The molecule has 7 heteroatoms. The lowest BCUT2D eigenvalue weighted by molar-refractivity contribution is -0.138. The van der Waals surface area contributed by atoms with Crippen molar-refractivity contribution in [2.75, 3.05) is 0 Å². The van der Waals surface area contributed by atoms with Gasteiger partial charge in [-0.2, -0.15) is 13.2 Å². The summed E-state index contributed by atoms with van der Waals surface area (Å²) in [7, 11) is 0. The van der Waals surface area contributed by atoms with Crippen molar-refractivity contribution < 1.29 is 18.0 Å².